The van der Waals surface area contributed by atoms with E-state index in [4.69, 9.17) is 4.84 Å². The van der Waals surface area contributed by atoms with E-state index < -0.39 is 4.92 Å². The van der Waals surface area contributed by atoms with Crippen molar-refractivity contribution in [2.24, 2.45) is 5.16 Å². The molecule has 0 radical (unpaired) electrons. The molecular formula is C18H28N2O3. The second kappa shape index (κ2) is 12.6. The molecule has 5 heteroatoms. The van der Waals surface area contributed by atoms with Crippen molar-refractivity contribution >= 4 is 11.9 Å². The SMILES string of the molecule is CCCCCCCCCCCO/N=C/c1ccc([N+](=O)[O-])cc1. The van der Waals surface area contributed by atoms with Crippen LogP contribution in [0.5, 0.6) is 0 Å². The highest BCUT2D eigenvalue weighted by Crippen LogP contribution is 2.11. The van der Waals surface area contributed by atoms with Crippen molar-refractivity contribution < 1.29 is 9.76 Å². The van der Waals surface area contributed by atoms with Crippen molar-refractivity contribution in [3.63, 3.8) is 0 Å². The molecule has 0 amide bonds. The molecule has 0 atom stereocenters. The quantitative estimate of drug-likeness (QED) is 0.209. The Balaban J connectivity index is 1.99. The lowest BCUT2D eigenvalue weighted by Crippen LogP contribution is -1.91. The Morgan fingerprint density at radius 3 is 2.13 bits per heavy atom. The summed E-state index contributed by atoms with van der Waals surface area (Å²) in [6.07, 6.45) is 13.1. The average Bonchev–Trinajstić information content (AvgIpc) is 2.56. The lowest BCUT2D eigenvalue weighted by atomic mass is 10.1. The number of unbranched alkanes of at least 4 members (excludes halogenated alkanes) is 8. The summed E-state index contributed by atoms with van der Waals surface area (Å²) in [7, 11) is 0. The molecule has 0 bridgehead atoms. The van der Waals surface area contributed by atoms with E-state index >= 15 is 0 Å². The molecule has 128 valence electrons. The van der Waals surface area contributed by atoms with Crippen LogP contribution in [0.15, 0.2) is 29.4 Å². The molecule has 0 heterocycles. The lowest BCUT2D eigenvalue weighted by molar-refractivity contribution is -0.384. The van der Waals surface area contributed by atoms with Gasteiger partial charge in [0.2, 0.25) is 0 Å². The van der Waals surface area contributed by atoms with Gasteiger partial charge in [-0.05, 0) is 30.5 Å². The molecule has 1 rings (SSSR count). The largest absolute Gasteiger partial charge is 0.396 e. The number of non-ortho nitro benzene ring substituents is 1. The molecule has 0 aromatic heterocycles. The van der Waals surface area contributed by atoms with Crippen LogP contribution >= 0.6 is 0 Å². The maximum Gasteiger partial charge on any atom is 0.269 e. The van der Waals surface area contributed by atoms with Crippen molar-refractivity contribution in [2.75, 3.05) is 6.61 Å². The molecule has 5 nitrogen and oxygen atoms in total. The summed E-state index contributed by atoms with van der Waals surface area (Å²) in [6, 6.07) is 6.23. The van der Waals surface area contributed by atoms with Crippen molar-refractivity contribution in [2.45, 2.75) is 64.7 Å². The standard InChI is InChI=1S/C18H28N2O3/c1-2-3-4-5-6-7-8-9-10-15-23-19-16-17-11-13-18(14-12-17)20(21)22/h11-14,16H,2-10,15H2,1H3/b19-16+. The number of hydrogen-bond donors (Lipinski definition) is 0. The number of nitro groups is 1. The number of oxime groups is 1. The Bertz CT molecular complexity index is 458. The summed E-state index contributed by atoms with van der Waals surface area (Å²) in [4.78, 5) is 15.3. The van der Waals surface area contributed by atoms with Gasteiger partial charge in [-0.1, -0.05) is 57.0 Å². The Morgan fingerprint density at radius 1 is 1.00 bits per heavy atom. The Labute approximate surface area is 138 Å². The molecule has 1 aromatic rings. The van der Waals surface area contributed by atoms with E-state index in [2.05, 4.69) is 12.1 Å². The Hall–Kier alpha value is -1.91. The van der Waals surface area contributed by atoms with Crippen LogP contribution in [0.4, 0.5) is 5.69 Å². The Kier molecular flexibility index (Phi) is 10.5. The number of nitro benzene ring substituents is 1. The van der Waals surface area contributed by atoms with Crippen LogP contribution in [0.3, 0.4) is 0 Å². The van der Waals surface area contributed by atoms with Crippen LogP contribution in [0.25, 0.3) is 0 Å². The number of hydrogen-bond acceptors (Lipinski definition) is 4. The molecule has 0 fully saturated rings. The third kappa shape index (κ3) is 9.66. The van der Waals surface area contributed by atoms with Gasteiger partial charge in [-0.25, -0.2) is 0 Å². The zero-order chi connectivity index (χ0) is 16.8. The monoisotopic (exact) mass is 320 g/mol. The molecule has 0 aliphatic carbocycles. The zero-order valence-corrected chi connectivity index (χ0v) is 14.1. The van der Waals surface area contributed by atoms with Crippen LogP contribution in [0.2, 0.25) is 0 Å². The molecule has 0 aliphatic rings. The van der Waals surface area contributed by atoms with Gasteiger partial charge in [0.15, 0.2) is 0 Å². The van der Waals surface area contributed by atoms with E-state index in [-0.39, 0.29) is 5.69 Å². The first-order valence-electron chi connectivity index (χ1n) is 8.64. The van der Waals surface area contributed by atoms with Crippen LogP contribution in [-0.2, 0) is 4.84 Å². The van der Waals surface area contributed by atoms with Crippen LogP contribution in [-0.4, -0.2) is 17.7 Å². The predicted octanol–water partition coefficient (Wildman–Crippen LogP) is 5.48. The first kappa shape index (κ1) is 19.1. The van der Waals surface area contributed by atoms with Crippen LogP contribution < -0.4 is 0 Å². The summed E-state index contributed by atoms with van der Waals surface area (Å²) in [6.45, 7) is 2.86. The van der Waals surface area contributed by atoms with Crippen molar-refractivity contribution in [3.8, 4) is 0 Å². The van der Waals surface area contributed by atoms with E-state index in [0.717, 1.165) is 12.0 Å². The van der Waals surface area contributed by atoms with Gasteiger partial charge in [-0.2, -0.15) is 0 Å². The first-order chi connectivity index (χ1) is 11.2. The highest BCUT2D eigenvalue weighted by Gasteiger charge is 2.02. The average molecular weight is 320 g/mol. The smallest absolute Gasteiger partial charge is 0.269 e. The zero-order valence-electron chi connectivity index (χ0n) is 14.1. The molecule has 0 aliphatic heterocycles. The molecular weight excluding hydrogens is 292 g/mol. The molecule has 0 unspecified atom stereocenters. The third-order valence-corrected chi connectivity index (χ3v) is 3.72. The number of rotatable bonds is 13. The highest BCUT2D eigenvalue weighted by molar-refractivity contribution is 5.79. The third-order valence-electron chi connectivity index (χ3n) is 3.72. The topological polar surface area (TPSA) is 64.7 Å². The van der Waals surface area contributed by atoms with Gasteiger partial charge in [0.05, 0.1) is 11.1 Å². The fourth-order valence-corrected chi connectivity index (χ4v) is 2.31. The molecule has 0 saturated carbocycles. The summed E-state index contributed by atoms with van der Waals surface area (Å²) < 4.78 is 0. The van der Waals surface area contributed by atoms with Gasteiger partial charge in [0, 0.05) is 12.1 Å². The second-order valence-corrected chi connectivity index (χ2v) is 5.74. The summed E-state index contributed by atoms with van der Waals surface area (Å²) in [5, 5.41) is 14.4. The number of benzene rings is 1. The minimum Gasteiger partial charge on any atom is -0.396 e. The van der Waals surface area contributed by atoms with Gasteiger partial charge in [0.1, 0.15) is 6.61 Å². The number of nitrogens with zero attached hydrogens (tertiary/aromatic N) is 2. The summed E-state index contributed by atoms with van der Waals surface area (Å²) in [5.41, 5.74) is 0.875. The minimum absolute atomic E-state index is 0.0813. The van der Waals surface area contributed by atoms with Gasteiger partial charge in [0.25, 0.3) is 5.69 Å². The van der Waals surface area contributed by atoms with E-state index in [9.17, 15) is 10.1 Å². The maximum atomic E-state index is 10.5. The van der Waals surface area contributed by atoms with Gasteiger partial charge in [-0.3, -0.25) is 10.1 Å². The van der Waals surface area contributed by atoms with E-state index in [1.807, 2.05) is 0 Å². The minimum atomic E-state index is -0.415. The van der Waals surface area contributed by atoms with Gasteiger partial charge >= 0.3 is 0 Å². The molecule has 0 saturated heterocycles. The van der Waals surface area contributed by atoms with Crippen molar-refractivity contribution in [1.82, 2.24) is 0 Å². The maximum absolute atomic E-state index is 10.5. The molecule has 0 spiro atoms. The molecule has 23 heavy (non-hydrogen) atoms. The normalized spacial score (nSPS) is 11.0. The molecule has 0 N–H and O–H groups in total. The summed E-state index contributed by atoms with van der Waals surface area (Å²) in [5.74, 6) is 0. The van der Waals surface area contributed by atoms with Crippen molar-refractivity contribution in [1.29, 1.82) is 0 Å². The van der Waals surface area contributed by atoms with Crippen LogP contribution in [0, 0.1) is 10.1 Å². The summed E-state index contributed by atoms with van der Waals surface area (Å²) >= 11 is 0. The highest BCUT2D eigenvalue weighted by atomic mass is 16.6. The fraction of sp³-hybridized carbons (Fsp3) is 0.611. The van der Waals surface area contributed by atoms with Crippen molar-refractivity contribution in [3.05, 3.63) is 39.9 Å². The Morgan fingerprint density at radius 2 is 1.57 bits per heavy atom. The molecule has 1 aromatic carbocycles. The van der Waals surface area contributed by atoms with E-state index in [1.54, 1.807) is 18.3 Å². The second-order valence-electron chi connectivity index (χ2n) is 5.74. The fourth-order valence-electron chi connectivity index (χ4n) is 2.31. The van der Waals surface area contributed by atoms with E-state index in [0.29, 0.717) is 6.61 Å². The van der Waals surface area contributed by atoms with Crippen LogP contribution in [0.1, 0.15) is 70.3 Å². The van der Waals surface area contributed by atoms with E-state index in [1.165, 1.54) is 63.5 Å². The van der Waals surface area contributed by atoms with Gasteiger partial charge in [-0.15, -0.1) is 0 Å². The lowest BCUT2D eigenvalue weighted by Gasteiger charge is -2.01. The van der Waals surface area contributed by atoms with Gasteiger partial charge < -0.3 is 4.84 Å². The first-order valence-corrected chi connectivity index (χ1v) is 8.64. The predicted molar refractivity (Wildman–Crippen MR) is 93.9 cm³/mol.